The molecule has 0 aliphatic carbocycles. The fourth-order valence-corrected chi connectivity index (χ4v) is 2.43. The highest BCUT2D eigenvalue weighted by Gasteiger charge is 2.23. The predicted molar refractivity (Wildman–Crippen MR) is 80.1 cm³/mol. The SMILES string of the molecule is Cc1ccc(OCC2CN(C(C)C)CCO2)c(C(=O)O)c1. The molecule has 5 nitrogen and oxygen atoms in total. The van der Waals surface area contributed by atoms with Crippen LogP contribution in [0.2, 0.25) is 0 Å². The van der Waals surface area contributed by atoms with E-state index in [-0.39, 0.29) is 11.7 Å². The molecular formula is C16H23NO4. The summed E-state index contributed by atoms with van der Waals surface area (Å²) in [5.41, 5.74) is 1.10. The van der Waals surface area contributed by atoms with E-state index in [0.717, 1.165) is 18.7 Å². The van der Waals surface area contributed by atoms with Crippen molar-refractivity contribution in [3.05, 3.63) is 29.3 Å². The third-order valence-electron chi connectivity index (χ3n) is 3.69. The number of aryl methyl sites for hydroxylation is 1. The van der Waals surface area contributed by atoms with E-state index < -0.39 is 5.97 Å². The molecule has 0 amide bonds. The van der Waals surface area contributed by atoms with Crippen LogP contribution in [0.1, 0.15) is 29.8 Å². The Hall–Kier alpha value is -1.59. The minimum absolute atomic E-state index is 0.0240. The lowest BCUT2D eigenvalue weighted by atomic mass is 10.1. The van der Waals surface area contributed by atoms with Gasteiger partial charge in [0.1, 0.15) is 24.0 Å². The van der Waals surface area contributed by atoms with Gasteiger partial charge in [0.2, 0.25) is 0 Å². The number of hydrogen-bond acceptors (Lipinski definition) is 4. The van der Waals surface area contributed by atoms with Crippen molar-refractivity contribution in [1.82, 2.24) is 4.90 Å². The molecule has 1 saturated heterocycles. The summed E-state index contributed by atoms with van der Waals surface area (Å²) in [5.74, 6) is -0.569. The minimum Gasteiger partial charge on any atom is -0.490 e. The Bertz CT molecular complexity index is 501. The molecule has 1 N–H and O–H groups in total. The summed E-state index contributed by atoms with van der Waals surface area (Å²) in [6.45, 7) is 8.97. The van der Waals surface area contributed by atoms with E-state index >= 15 is 0 Å². The van der Waals surface area contributed by atoms with Crippen LogP contribution in [0.3, 0.4) is 0 Å². The van der Waals surface area contributed by atoms with Crippen LogP contribution in [0, 0.1) is 6.92 Å². The molecule has 0 aromatic heterocycles. The first-order chi connectivity index (χ1) is 9.97. The monoisotopic (exact) mass is 293 g/mol. The van der Waals surface area contributed by atoms with Gasteiger partial charge in [-0.05, 0) is 32.9 Å². The second kappa shape index (κ2) is 6.91. The fraction of sp³-hybridized carbons (Fsp3) is 0.562. The quantitative estimate of drug-likeness (QED) is 0.901. The number of carbonyl (C=O) groups is 1. The summed E-state index contributed by atoms with van der Waals surface area (Å²) < 4.78 is 11.4. The molecule has 0 spiro atoms. The molecule has 1 unspecified atom stereocenters. The van der Waals surface area contributed by atoms with Crippen LogP contribution in [-0.4, -0.2) is 54.4 Å². The van der Waals surface area contributed by atoms with Crippen molar-refractivity contribution in [2.24, 2.45) is 0 Å². The average Bonchev–Trinajstić information content (AvgIpc) is 2.46. The summed E-state index contributed by atoms with van der Waals surface area (Å²) >= 11 is 0. The number of ether oxygens (including phenoxy) is 2. The third kappa shape index (κ3) is 4.19. The minimum atomic E-state index is -0.970. The van der Waals surface area contributed by atoms with Crippen molar-refractivity contribution >= 4 is 5.97 Å². The zero-order valence-corrected chi connectivity index (χ0v) is 12.8. The van der Waals surface area contributed by atoms with Crippen molar-refractivity contribution in [1.29, 1.82) is 0 Å². The molecule has 2 rings (SSSR count). The molecule has 1 atom stereocenters. The number of nitrogens with zero attached hydrogens (tertiary/aromatic N) is 1. The first-order valence-corrected chi connectivity index (χ1v) is 7.29. The molecule has 1 aliphatic heterocycles. The maximum absolute atomic E-state index is 11.2. The maximum Gasteiger partial charge on any atom is 0.339 e. The highest BCUT2D eigenvalue weighted by molar-refractivity contribution is 5.91. The van der Waals surface area contributed by atoms with Gasteiger partial charge in [-0.3, -0.25) is 4.90 Å². The van der Waals surface area contributed by atoms with E-state index in [1.807, 2.05) is 13.0 Å². The smallest absolute Gasteiger partial charge is 0.339 e. The fourth-order valence-electron chi connectivity index (χ4n) is 2.43. The average molecular weight is 293 g/mol. The normalized spacial score (nSPS) is 19.7. The lowest BCUT2D eigenvalue weighted by molar-refractivity contribution is -0.0565. The van der Waals surface area contributed by atoms with Crippen molar-refractivity contribution in [3.63, 3.8) is 0 Å². The summed E-state index contributed by atoms with van der Waals surface area (Å²) in [6, 6.07) is 5.66. The Morgan fingerprint density at radius 2 is 2.29 bits per heavy atom. The van der Waals surface area contributed by atoms with Gasteiger partial charge in [-0.25, -0.2) is 4.79 Å². The first kappa shape index (κ1) is 15.8. The van der Waals surface area contributed by atoms with Crippen molar-refractivity contribution in [2.75, 3.05) is 26.3 Å². The van der Waals surface area contributed by atoms with Crippen LogP contribution in [0.25, 0.3) is 0 Å². The van der Waals surface area contributed by atoms with Crippen molar-refractivity contribution in [3.8, 4) is 5.75 Å². The lowest BCUT2D eigenvalue weighted by Crippen LogP contribution is -2.47. The standard InChI is InChI=1S/C16H23NO4/c1-11(2)17-6-7-20-13(9-17)10-21-15-5-4-12(3)8-14(15)16(18)19/h4-5,8,11,13H,6-7,9-10H2,1-3H3,(H,18,19). The number of rotatable bonds is 5. The first-order valence-electron chi connectivity index (χ1n) is 7.29. The zero-order valence-electron chi connectivity index (χ0n) is 12.8. The van der Waals surface area contributed by atoms with E-state index in [1.165, 1.54) is 0 Å². The van der Waals surface area contributed by atoms with Gasteiger partial charge in [0.15, 0.2) is 0 Å². The second-order valence-corrected chi connectivity index (χ2v) is 5.70. The molecule has 0 radical (unpaired) electrons. The predicted octanol–water partition coefficient (Wildman–Crippen LogP) is 2.18. The Morgan fingerprint density at radius 1 is 1.52 bits per heavy atom. The van der Waals surface area contributed by atoms with Crippen LogP contribution in [-0.2, 0) is 4.74 Å². The largest absolute Gasteiger partial charge is 0.490 e. The van der Waals surface area contributed by atoms with Crippen LogP contribution in [0.15, 0.2) is 18.2 Å². The molecule has 1 fully saturated rings. The molecule has 21 heavy (non-hydrogen) atoms. The number of benzene rings is 1. The summed E-state index contributed by atoms with van der Waals surface area (Å²) in [6.07, 6.45) is -0.0240. The van der Waals surface area contributed by atoms with Gasteiger partial charge in [-0.15, -0.1) is 0 Å². The molecule has 1 heterocycles. The summed E-state index contributed by atoms with van der Waals surface area (Å²) in [4.78, 5) is 13.6. The van der Waals surface area contributed by atoms with E-state index in [2.05, 4.69) is 18.7 Å². The Morgan fingerprint density at radius 3 is 2.95 bits per heavy atom. The van der Waals surface area contributed by atoms with Gasteiger partial charge in [0, 0.05) is 19.1 Å². The molecule has 1 aromatic rings. The van der Waals surface area contributed by atoms with Gasteiger partial charge in [0.05, 0.1) is 6.61 Å². The Labute approximate surface area is 125 Å². The Balaban J connectivity index is 1.98. The van der Waals surface area contributed by atoms with Crippen molar-refractivity contribution in [2.45, 2.75) is 32.9 Å². The van der Waals surface area contributed by atoms with Gasteiger partial charge in [-0.2, -0.15) is 0 Å². The number of aromatic carboxylic acids is 1. The van der Waals surface area contributed by atoms with E-state index in [0.29, 0.717) is 25.0 Å². The molecule has 0 bridgehead atoms. The van der Waals surface area contributed by atoms with Gasteiger partial charge in [0.25, 0.3) is 0 Å². The maximum atomic E-state index is 11.2. The molecule has 0 saturated carbocycles. The van der Waals surface area contributed by atoms with E-state index in [1.54, 1.807) is 12.1 Å². The molecule has 1 aromatic carbocycles. The molecule has 1 aliphatic rings. The van der Waals surface area contributed by atoms with E-state index in [4.69, 9.17) is 9.47 Å². The highest BCUT2D eigenvalue weighted by Crippen LogP contribution is 2.21. The van der Waals surface area contributed by atoms with Gasteiger partial charge < -0.3 is 14.6 Å². The summed E-state index contributed by atoms with van der Waals surface area (Å²) in [7, 11) is 0. The Kier molecular flexibility index (Phi) is 5.20. The van der Waals surface area contributed by atoms with Crippen molar-refractivity contribution < 1.29 is 19.4 Å². The number of carboxylic acids is 1. The lowest BCUT2D eigenvalue weighted by Gasteiger charge is -2.35. The van der Waals surface area contributed by atoms with Crippen LogP contribution in [0.4, 0.5) is 0 Å². The second-order valence-electron chi connectivity index (χ2n) is 5.70. The zero-order chi connectivity index (χ0) is 15.4. The van der Waals surface area contributed by atoms with Gasteiger partial charge in [-0.1, -0.05) is 11.6 Å². The molecule has 5 heteroatoms. The van der Waals surface area contributed by atoms with Crippen LogP contribution >= 0.6 is 0 Å². The van der Waals surface area contributed by atoms with Crippen LogP contribution in [0.5, 0.6) is 5.75 Å². The molecular weight excluding hydrogens is 270 g/mol. The van der Waals surface area contributed by atoms with Gasteiger partial charge >= 0.3 is 5.97 Å². The third-order valence-corrected chi connectivity index (χ3v) is 3.69. The summed E-state index contributed by atoms with van der Waals surface area (Å²) in [5, 5.41) is 9.22. The van der Waals surface area contributed by atoms with E-state index in [9.17, 15) is 9.90 Å². The topological polar surface area (TPSA) is 59.0 Å². The van der Waals surface area contributed by atoms with Crippen LogP contribution < -0.4 is 4.74 Å². The number of carboxylic acid groups (broad SMARTS) is 1. The number of hydrogen-bond donors (Lipinski definition) is 1. The number of morpholine rings is 1. The molecule has 116 valence electrons. The highest BCUT2D eigenvalue weighted by atomic mass is 16.5.